The summed E-state index contributed by atoms with van der Waals surface area (Å²) in [6, 6.07) is 9.45. The fraction of sp³-hybridized carbons (Fsp3) is 0.600. The van der Waals surface area contributed by atoms with Crippen molar-refractivity contribution in [3.63, 3.8) is 0 Å². The molecule has 1 heterocycles. The molecule has 94 valence electrons. The highest BCUT2D eigenvalue weighted by Crippen LogP contribution is 2.22. The molecule has 1 unspecified atom stereocenters. The lowest BCUT2D eigenvalue weighted by atomic mass is 10.1. The second kappa shape index (κ2) is 5.95. The first-order chi connectivity index (χ1) is 8.29. The van der Waals surface area contributed by atoms with Crippen molar-refractivity contribution in [3.8, 4) is 0 Å². The van der Waals surface area contributed by atoms with Gasteiger partial charge in [-0.3, -0.25) is 0 Å². The Morgan fingerprint density at radius 2 is 1.76 bits per heavy atom. The molecule has 1 atom stereocenters. The molecular formula is C15H24N2. The van der Waals surface area contributed by atoms with Gasteiger partial charge < -0.3 is 10.2 Å². The predicted molar refractivity (Wildman–Crippen MR) is 75.9 cm³/mol. The normalized spacial score (nSPS) is 17.9. The number of rotatable bonds is 4. The summed E-state index contributed by atoms with van der Waals surface area (Å²) in [6.45, 7) is 6.87. The van der Waals surface area contributed by atoms with Gasteiger partial charge in [-0.15, -0.1) is 0 Å². The summed E-state index contributed by atoms with van der Waals surface area (Å²) >= 11 is 0. The lowest BCUT2D eigenvalue weighted by Gasteiger charge is -2.29. The molecule has 2 nitrogen and oxygen atoms in total. The smallest absolute Gasteiger partial charge is 0.0367 e. The van der Waals surface area contributed by atoms with E-state index < -0.39 is 0 Å². The van der Waals surface area contributed by atoms with Crippen LogP contribution in [0, 0.1) is 0 Å². The number of nitrogens with one attached hydrogen (secondary N) is 1. The lowest BCUT2D eigenvalue weighted by Crippen LogP contribution is -2.29. The largest absolute Gasteiger partial charge is 0.383 e. The van der Waals surface area contributed by atoms with Gasteiger partial charge in [0, 0.05) is 30.5 Å². The van der Waals surface area contributed by atoms with Crippen LogP contribution in [0.15, 0.2) is 24.3 Å². The highest BCUT2D eigenvalue weighted by molar-refractivity contribution is 5.55. The van der Waals surface area contributed by atoms with Crippen molar-refractivity contribution in [3.05, 3.63) is 24.3 Å². The van der Waals surface area contributed by atoms with E-state index in [0.717, 1.165) is 6.42 Å². The fourth-order valence-electron chi connectivity index (χ4n) is 2.31. The number of hydrogen-bond acceptors (Lipinski definition) is 2. The molecule has 0 aliphatic carbocycles. The molecule has 0 saturated carbocycles. The van der Waals surface area contributed by atoms with Gasteiger partial charge in [0.2, 0.25) is 0 Å². The highest BCUT2D eigenvalue weighted by atomic mass is 15.1. The topological polar surface area (TPSA) is 15.3 Å². The first-order valence-corrected chi connectivity index (χ1v) is 6.91. The van der Waals surface area contributed by atoms with Crippen LogP contribution >= 0.6 is 0 Å². The fourth-order valence-corrected chi connectivity index (χ4v) is 2.31. The predicted octanol–water partition coefficient (Wildman–Crippen LogP) is 3.89. The van der Waals surface area contributed by atoms with Crippen LogP contribution in [0.2, 0.25) is 0 Å². The molecule has 0 radical (unpaired) electrons. The Hall–Kier alpha value is -1.18. The Balaban J connectivity index is 1.97. The monoisotopic (exact) mass is 232 g/mol. The number of piperidine rings is 1. The van der Waals surface area contributed by atoms with Crippen molar-refractivity contribution in [2.75, 3.05) is 23.3 Å². The average molecular weight is 232 g/mol. The second-order valence-corrected chi connectivity index (χ2v) is 5.05. The van der Waals surface area contributed by atoms with Crippen LogP contribution in [0.4, 0.5) is 11.4 Å². The Labute approximate surface area is 105 Å². The second-order valence-electron chi connectivity index (χ2n) is 5.05. The summed E-state index contributed by atoms with van der Waals surface area (Å²) in [5.41, 5.74) is 2.61. The maximum Gasteiger partial charge on any atom is 0.0367 e. The van der Waals surface area contributed by atoms with E-state index in [0.29, 0.717) is 6.04 Å². The minimum absolute atomic E-state index is 0.552. The number of hydrogen-bond donors (Lipinski definition) is 1. The van der Waals surface area contributed by atoms with Gasteiger partial charge in [-0.05, 0) is 56.9 Å². The molecule has 2 heteroatoms. The molecule has 0 bridgehead atoms. The molecule has 0 aromatic heterocycles. The quantitative estimate of drug-likeness (QED) is 0.847. The molecule has 1 aromatic rings. The number of nitrogens with zero attached hydrogens (tertiary/aromatic N) is 1. The first-order valence-electron chi connectivity index (χ1n) is 6.91. The molecule has 2 rings (SSSR count). The molecule has 1 saturated heterocycles. The van der Waals surface area contributed by atoms with Crippen molar-refractivity contribution in [2.24, 2.45) is 0 Å². The van der Waals surface area contributed by atoms with Gasteiger partial charge in [-0.2, -0.15) is 0 Å². The molecule has 0 spiro atoms. The van der Waals surface area contributed by atoms with Crippen molar-refractivity contribution >= 4 is 11.4 Å². The maximum atomic E-state index is 3.50. The Bertz CT molecular complexity index is 325. The van der Waals surface area contributed by atoms with E-state index in [1.165, 1.54) is 43.7 Å². The minimum atomic E-state index is 0.552. The van der Waals surface area contributed by atoms with Crippen LogP contribution in [0.25, 0.3) is 0 Å². The summed E-state index contributed by atoms with van der Waals surface area (Å²) in [5, 5.41) is 3.50. The van der Waals surface area contributed by atoms with Gasteiger partial charge in [-0.1, -0.05) is 6.92 Å². The Morgan fingerprint density at radius 1 is 1.12 bits per heavy atom. The van der Waals surface area contributed by atoms with Gasteiger partial charge in [0.15, 0.2) is 0 Å². The standard InChI is InChI=1S/C15H24N2/c1-3-13(2)16-14-7-9-15(10-8-14)17-11-5-4-6-12-17/h7-10,13,16H,3-6,11-12H2,1-2H3. The third-order valence-corrected chi connectivity index (χ3v) is 3.61. The first kappa shape index (κ1) is 12.3. The van der Waals surface area contributed by atoms with Crippen LogP contribution in [0.3, 0.4) is 0 Å². The van der Waals surface area contributed by atoms with Crippen LogP contribution in [0.1, 0.15) is 39.5 Å². The van der Waals surface area contributed by atoms with Crippen LogP contribution in [-0.2, 0) is 0 Å². The number of benzene rings is 1. The van der Waals surface area contributed by atoms with Gasteiger partial charge in [0.25, 0.3) is 0 Å². The Morgan fingerprint density at radius 3 is 2.35 bits per heavy atom. The molecule has 1 aliphatic heterocycles. The molecule has 0 amide bonds. The maximum absolute atomic E-state index is 3.50. The zero-order valence-electron chi connectivity index (χ0n) is 11.1. The molecule has 1 aromatic carbocycles. The molecule has 1 fully saturated rings. The molecule has 17 heavy (non-hydrogen) atoms. The molecular weight excluding hydrogens is 208 g/mol. The van der Waals surface area contributed by atoms with E-state index in [-0.39, 0.29) is 0 Å². The van der Waals surface area contributed by atoms with Gasteiger partial charge in [-0.25, -0.2) is 0 Å². The third kappa shape index (κ3) is 3.39. The third-order valence-electron chi connectivity index (χ3n) is 3.61. The lowest BCUT2D eigenvalue weighted by molar-refractivity contribution is 0.578. The summed E-state index contributed by atoms with van der Waals surface area (Å²) in [5.74, 6) is 0. The van der Waals surface area contributed by atoms with E-state index in [9.17, 15) is 0 Å². The van der Waals surface area contributed by atoms with Gasteiger partial charge in [0.05, 0.1) is 0 Å². The number of anilines is 2. The van der Waals surface area contributed by atoms with E-state index >= 15 is 0 Å². The summed E-state index contributed by atoms with van der Waals surface area (Å²) in [7, 11) is 0. The minimum Gasteiger partial charge on any atom is -0.383 e. The Kier molecular flexibility index (Phi) is 4.29. The van der Waals surface area contributed by atoms with E-state index in [1.807, 2.05) is 0 Å². The van der Waals surface area contributed by atoms with Gasteiger partial charge in [0.1, 0.15) is 0 Å². The van der Waals surface area contributed by atoms with Gasteiger partial charge >= 0.3 is 0 Å². The van der Waals surface area contributed by atoms with E-state index in [1.54, 1.807) is 0 Å². The average Bonchev–Trinajstić information content (AvgIpc) is 2.40. The highest BCUT2D eigenvalue weighted by Gasteiger charge is 2.10. The summed E-state index contributed by atoms with van der Waals surface area (Å²) in [4.78, 5) is 2.50. The summed E-state index contributed by atoms with van der Waals surface area (Å²) in [6.07, 6.45) is 5.23. The van der Waals surface area contributed by atoms with Crippen LogP contribution in [-0.4, -0.2) is 19.1 Å². The zero-order valence-corrected chi connectivity index (χ0v) is 11.1. The van der Waals surface area contributed by atoms with Crippen molar-refractivity contribution < 1.29 is 0 Å². The molecule has 1 N–H and O–H groups in total. The molecule has 1 aliphatic rings. The zero-order chi connectivity index (χ0) is 12.1. The van der Waals surface area contributed by atoms with Crippen molar-refractivity contribution in [2.45, 2.75) is 45.6 Å². The van der Waals surface area contributed by atoms with E-state index in [2.05, 4.69) is 48.3 Å². The van der Waals surface area contributed by atoms with Crippen LogP contribution in [0.5, 0.6) is 0 Å². The van der Waals surface area contributed by atoms with Crippen molar-refractivity contribution in [1.82, 2.24) is 0 Å². The van der Waals surface area contributed by atoms with Crippen molar-refractivity contribution in [1.29, 1.82) is 0 Å². The summed E-state index contributed by atoms with van der Waals surface area (Å²) < 4.78 is 0. The van der Waals surface area contributed by atoms with Crippen LogP contribution < -0.4 is 10.2 Å². The van der Waals surface area contributed by atoms with E-state index in [4.69, 9.17) is 0 Å². The SMILES string of the molecule is CCC(C)Nc1ccc(N2CCCCC2)cc1.